The third kappa shape index (κ3) is 3.29. The largest absolute Gasteiger partial charge is 0.348 e. The molecule has 1 fully saturated rings. The van der Waals surface area contributed by atoms with Crippen LogP contribution in [-0.4, -0.2) is 16.9 Å². The van der Waals surface area contributed by atoms with Crippen molar-refractivity contribution in [3.63, 3.8) is 0 Å². The molecule has 1 aromatic heterocycles. The Morgan fingerprint density at radius 1 is 1.50 bits per heavy atom. The number of nitrogens with two attached hydrogens (primary N) is 1. The van der Waals surface area contributed by atoms with Gasteiger partial charge in [0.25, 0.3) is 5.91 Å². The molecular weight excluding hydrogens is 246 g/mol. The molecule has 1 aliphatic carbocycles. The Labute approximate surface area is 112 Å². The number of rotatable bonds is 3. The van der Waals surface area contributed by atoms with Crippen LogP contribution in [0.5, 0.6) is 0 Å². The standard InChI is InChI=1S/C13H21N3OS/c1-8-3-5-10(6-4-8)15-12(17)11-7-18-13(16-11)9(2)14/h7-10H,3-6,14H2,1-2H3,(H,15,17). The number of carbonyl (C=O) groups excluding carboxylic acids is 1. The SMILES string of the molecule is CC1CCC(NC(=O)c2csc(C(C)N)n2)CC1. The second-order valence-corrected chi connectivity index (χ2v) is 6.18. The molecule has 18 heavy (non-hydrogen) atoms. The molecule has 5 heteroatoms. The number of amides is 1. The number of nitrogens with zero attached hydrogens (tertiary/aromatic N) is 1. The Kier molecular flexibility index (Phi) is 4.35. The number of hydrogen-bond donors (Lipinski definition) is 2. The molecule has 0 saturated heterocycles. The zero-order valence-corrected chi connectivity index (χ0v) is 11.8. The molecule has 0 radical (unpaired) electrons. The quantitative estimate of drug-likeness (QED) is 0.884. The van der Waals surface area contributed by atoms with Crippen LogP contribution in [0.2, 0.25) is 0 Å². The maximum atomic E-state index is 12.0. The molecule has 0 aliphatic heterocycles. The molecule has 1 unspecified atom stereocenters. The predicted molar refractivity (Wildman–Crippen MR) is 73.6 cm³/mol. The molecule has 100 valence electrons. The van der Waals surface area contributed by atoms with E-state index in [1.165, 1.54) is 24.2 Å². The second kappa shape index (κ2) is 5.80. The van der Waals surface area contributed by atoms with Crippen molar-refractivity contribution in [1.29, 1.82) is 0 Å². The number of thiazole rings is 1. The summed E-state index contributed by atoms with van der Waals surface area (Å²) in [6, 6.07) is 0.209. The van der Waals surface area contributed by atoms with E-state index in [9.17, 15) is 4.79 Å². The molecule has 1 atom stereocenters. The van der Waals surface area contributed by atoms with Gasteiger partial charge >= 0.3 is 0 Å². The first-order chi connectivity index (χ1) is 8.56. The summed E-state index contributed by atoms with van der Waals surface area (Å²) in [5.74, 6) is 0.736. The summed E-state index contributed by atoms with van der Waals surface area (Å²) in [4.78, 5) is 16.3. The molecule has 1 aromatic rings. The van der Waals surface area contributed by atoms with Crippen molar-refractivity contribution in [3.8, 4) is 0 Å². The first kappa shape index (κ1) is 13.5. The average molecular weight is 267 g/mol. The van der Waals surface area contributed by atoms with E-state index in [-0.39, 0.29) is 11.9 Å². The molecular formula is C13H21N3OS. The number of aromatic nitrogens is 1. The third-order valence-corrected chi connectivity index (χ3v) is 4.54. The molecule has 1 saturated carbocycles. The summed E-state index contributed by atoms with van der Waals surface area (Å²) in [6.07, 6.45) is 4.56. The highest BCUT2D eigenvalue weighted by Gasteiger charge is 2.21. The number of carbonyl (C=O) groups is 1. The molecule has 2 rings (SSSR count). The van der Waals surface area contributed by atoms with Crippen LogP contribution in [0.15, 0.2) is 5.38 Å². The lowest BCUT2D eigenvalue weighted by Crippen LogP contribution is -2.37. The van der Waals surface area contributed by atoms with Gasteiger partial charge in [0.2, 0.25) is 0 Å². The van der Waals surface area contributed by atoms with Gasteiger partial charge in [-0.15, -0.1) is 11.3 Å². The molecule has 1 aliphatic rings. The lowest BCUT2D eigenvalue weighted by molar-refractivity contribution is 0.0918. The van der Waals surface area contributed by atoms with Crippen molar-refractivity contribution >= 4 is 17.2 Å². The average Bonchev–Trinajstić information content (AvgIpc) is 2.81. The lowest BCUT2D eigenvalue weighted by Gasteiger charge is -2.26. The first-order valence-corrected chi connectivity index (χ1v) is 7.46. The topological polar surface area (TPSA) is 68.0 Å². The predicted octanol–water partition coefficient (Wildman–Crippen LogP) is 2.47. The molecule has 3 N–H and O–H groups in total. The second-order valence-electron chi connectivity index (χ2n) is 5.29. The van der Waals surface area contributed by atoms with E-state index in [1.54, 1.807) is 5.38 Å². The van der Waals surface area contributed by atoms with Crippen molar-refractivity contribution in [2.45, 2.75) is 51.6 Å². The molecule has 1 heterocycles. The van der Waals surface area contributed by atoms with Crippen LogP contribution < -0.4 is 11.1 Å². The highest BCUT2D eigenvalue weighted by molar-refractivity contribution is 7.09. The summed E-state index contributed by atoms with van der Waals surface area (Å²) < 4.78 is 0. The summed E-state index contributed by atoms with van der Waals surface area (Å²) >= 11 is 1.45. The molecule has 0 bridgehead atoms. The van der Waals surface area contributed by atoms with E-state index in [2.05, 4.69) is 17.2 Å². The normalized spacial score (nSPS) is 25.7. The maximum absolute atomic E-state index is 12.0. The fraction of sp³-hybridized carbons (Fsp3) is 0.692. The fourth-order valence-electron chi connectivity index (χ4n) is 2.26. The third-order valence-electron chi connectivity index (χ3n) is 3.50. The Bertz CT molecular complexity index is 408. The monoisotopic (exact) mass is 267 g/mol. The van der Waals surface area contributed by atoms with Gasteiger partial charge < -0.3 is 11.1 Å². The van der Waals surface area contributed by atoms with E-state index in [1.807, 2.05) is 6.92 Å². The highest BCUT2D eigenvalue weighted by Crippen LogP contribution is 2.24. The Morgan fingerprint density at radius 3 is 2.72 bits per heavy atom. The minimum atomic E-state index is -0.105. The van der Waals surface area contributed by atoms with Crippen LogP contribution in [0.3, 0.4) is 0 Å². The summed E-state index contributed by atoms with van der Waals surface area (Å²) in [7, 11) is 0. The van der Waals surface area contributed by atoms with Crippen LogP contribution in [0, 0.1) is 5.92 Å². The maximum Gasteiger partial charge on any atom is 0.270 e. The molecule has 0 spiro atoms. The van der Waals surface area contributed by atoms with Crippen molar-refractivity contribution in [1.82, 2.24) is 10.3 Å². The smallest absolute Gasteiger partial charge is 0.270 e. The van der Waals surface area contributed by atoms with Crippen LogP contribution >= 0.6 is 11.3 Å². The van der Waals surface area contributed by atoms with Crippen LogP contribution in [0.4, 0.5) is 0 Å². The van der Waals surface area contributed by atoms with Crippen molar-refractivity contribution in [2.24, 2.45) is 11.7 Å². The zero-order chi connectivity index (χ0) is 13.1. The number of nitrogens with one attached hydrogen (secondary N) is 1. The Balaban J connectivity index is 1.91. The Hall–Kier alpha value is -0.940. The lowest BCUT2D eigenvalue weighted by atomic mass is 9.87. The summed E-state index contributed by atoms with van der Waals surface area (Å²) in [5, 5.41) is 5.68. The van der Waals surface area contributed by atoms with Gasteiger partial charge in [-0.25, -0.2) is 4.98 Å². The summed E-state index contributed by atoms with van der Waals surface area (Å²) in [6.45, 7) is 4.15. The van der Waals surface area contributed by atoms with Crippen LogP contribution in [-0.2, 0) is 0 Å². The number of hydrogen-bond acceptors (Lipinski definition) is 4. The van der Waals surface area contributed by atoms with E-state index in [4.69, 9.17) is 5.73 Å². The molecule has 4 nitrogen and oxygen atoms in total. The fourth-order valence-corrected chi connectivity index (χ4v) is 3.02. The Morgan fingerprint density at radius 2 is 2.17 bits per heavy atom. The van der Waals surface area contributed by atoms with Gasteiger partial charge in [0.05, 0.1) is 6.04 Å². The summed E-state index contributed by atoms with van der Waals surface area (Å²) in [5.41, 5.74) is 6.25. The van der Waals surface area contributed by atoms with Crippen LogP contribution in [0.1, 0.15) is 61.1 Å². The van der Waals surface area contributed by atoms with E-state index < -0.39 is 0 Å². The van der Waals surface area contributed by atoms with E-state index in [0.29, 0.717) is 11.7 Å². The highest BCUT2D eigenvalue weighted by atomic mass is 32.1. The van der Waals surface area contributed by atoms with Gasteiger partial charge in [-0.05, 0) is 38.5 Å². The van der Waals surface area contributed by atoms with Gasteiger partial charge in [-0.2, -0.15) is 0 Å². The van der Waals surface area contributed by atoms with Crippen LogP contribution in [0.25, 0.3) is 0 Å². The minimum absolute atomic E-state index is 0.0577. The van der Waals surface area contributed by atoms with Gasteiger partial charge in [0, 0.05) is 11.4 Å². The molecule has 1 amide bonds. The zero-order valence-electron chi connectivity index (χ0n) is 11.0. The molecule has 0 aromatic carbocycles. The minimum Gasteiger partial charge on any atom is -0.348 e. The van der Waals surface area contributed by atoms with Gasteiger partial charge in [-0.3, -0.25) is 4.79 Å². The van der Waals surface area contributed by atoms with E-state index >= 15 is 0 Å². The van der Waals surface area contributed by atoms with Crippen molar-refractivity contribution < 1.29 is 4.79 Å². The van der Waals surface area contributed by atoms with Gasteiger partial charge in [-0.1, -0.05) is 6.92 Å². The van der Waals surface area contributed by atoms with Gasteiger partial charge in [0.1, 0.15) is 10.7 Å². The van der Waals surface area contributed by atoms with E-state index in [0.717, 1.165) is 23.8 Å². The van der Waals surface area contributed by atoms with Gasteiger partial charge in [0.15, 0.2) is 0 Å². The van der Waals surface area contributed by atoms with Crippen molar-refractivity contribution in [2.75, 3.05) is 0 Å². The van der Waals surface area contributed by atoms with Crippen molar-refractivity contribution in [3.05, 3.63) is 16.1 Å². The first-order valence-electron chi connectivity index (χ1n) is 6.58.